The minimum Gasteiger partial charge on any atom is -0.387 e. The molecule has 2 unspecified atom stereocenters. The van der Waals surface area contributed by atoms with Gasteiger partial charge in [-0.05, 0) is 46.2 Å². The normalized spacial score (nSPS) is 24.3. The molecule has 0 bridgehead atoms. The molecule has 4 heteroatoms. The van der Waals surface area contributed by atoms with Gasteiger partial charge in [0.25, 0.3) is 0 Å². The quantitative estimate of drug-likeness (QED) is 0.571. The van der Waals surface area contributed by atoms with Crippen molar-refractivity contribution in [3.8, 4) is 0 Å². The molecule has 1 fully saturated rings. The van der Waals surface area contributed by atoms with E-state index in [1.807, 2.05) is 24.2 Å². The summed E-state index contributed by atoms with van der Waals surface area (Å²) in [5, 5.41) is 9.44. The van der Waals surface area contributed by atoms with E-state index in [1.54, 1.807) is 0 Å². The number of hydrogen-bond donors (Lipinski definition) is 1. The highest BCUT2D eigenvalue weighted by atomic mass is 16.5. The van der Waals surface area contributed by atoms with Crippen LogP contribution in [0.1, 0.15) is 40.0 Å². The van der Waals surface area contributed by atoms with Crippen LogP contribution in [0.25, 0.3) is 0 Å². The molecule has 0 saturated carbocycles. The van der Waals surface area contributed by atoms with Crippen LogP contribution in [0.4, 0.5) is 0 Å². The van der Waals surface area contributed by atoms with E-state index in [-0.39, 0.29) is 12.3 Å². The molecule has 0 aliphatic carbocycles. The first kappa shape index (κ1) is 14.0. The molecule has 0 radical (unpaired) electrons. The van der Waals surface area contributed by atoms with Crippen LogP contribution in [-0.2, 0) is 4.74 Å². The second kappa shape index (κ2) is 7.33. The number of nitrogens with one attached hydrogen (secondary N) is 1. The Morgan fingerprint density at radius 1 is 1.47 bits per heavy atom. The summed E-state index contributed by atoms with van der Waals surface area (Å²) in [7, 11) is 0. The van der Waals surface area contributed by atoms with E-state index in [0.29, 0.717) is 6.04 Å². The van der Waals surface area contributed by atoms with Crippen LogP contribution in [0.3, 0.4) is 0 Å². The Morgan fingerprint density at radius 3 is 2.76 bits per heavy atom. The van der Waals surface area contributed by atoms with Crippen molar-refractivity contribution in [1.82, 2.24) is 10.3 Å². The number of allylic oxidation sites excluding steroid dienone is 1. The van der Waals surface area contributed by atoms with Crippen molar-refractivity contribution in [1.29, 1.82) is 0 Å². The van der Waals surface area contributed by atoms with E-state index in [2.05, 4.69) is 31.0 Å². The summed E-state index contributed by atoms with van der Waals surface area (Å²) >= 11 is 0. The maximum Gasteiger partial charge on any atom is 0.146 e. The van der Waals surface area contributed by atoms with Gasteiger partial charge in [-0.2, -0.15) is 5.10 Å². The summed E-state index contributed by atoms with van der Waals surface area (Å²) in [5.41, 5.74) is 0. The topological polar surface area (TPSA) is 36.9 Å². The van der Waals surface area contributed by atoms with Crippen LogP contribution < -0.4 is 5.32 Å². The van der Waals surface area contributed by atoms with Crippen molar-refractivity contribution in [3.05, 3.63) is 12.3 Å². The van der Waals surface area contributed by atoms with Gasteiger partial charge >= 0.3 is 0 Å². The third-order valence-corrected chi connectivity index (χ3v) is 3.28. The van der Waals surface area contributed by atoms with E-state index in [0.717, 1.165) is 19.4 Å². The van der Waals surface area contributed by atoms with Gasteiger partial charge in [-0.15, -0.1) is 0 Å². The average Bonchev–Trinajstić information content (AvgIpc) is 2.38. The second-order valence-corrected chi connectivity index (χ2v) is 4.54. The molecule has 98 valence electrons. The second-order valence-electron chi connectivity index (χ2n) is 4.54. The molecule has 0 spiro atoms. The van der Waals surface area contributed by atoms with E-state index in [4.69, 9.17) is 4.74 Å². The van der Waals surface area contributed by atoms with Crippen LogP contribution in [0.15, 0.2) is 17.4 Å². The first-order chi connectivity index (χ1) is 8.20. The van der Waals surface area contributed by atoms with Crippen LogP contribution in [-0.4, -0.2) is 36.6 Å². The highest BCUT2D eigenvalue weighted by Gasteiger charge is 2.27. The van der Waals surface area contributed by atoms with Gasteiger partial charge in [0.1, 0.15) is 6.23 Å². The zero-order valence-electron chi connectivity index (χ0n) is 11.2. The molecule has 1 rings (SSSR count). The Labute approximate surface area is 105 Å². The Hall–Kier alpha value is -1.03. The molecular formula is C13H25N3O. The Kier molecular flexibility index (Phi) is 6.05. The zero-order chi connectivity index (χ0) is 12.7. The first-order valence-electron chi connectivity index (χ1n) is 6.44. The SMILES string of the molecule is C=NN(C1CCCCO1)[C@@H](C)C(C)N/C=C\C. The predicted molar refractivity (Wildman–Crippen MR) is 71.9 cm³/mol. The third-order valence-electron chi connectivity index (χ3n) is 3.28. The molecule has 1 aliphatic heterocycles. The lowest BCUT2D eigenvalue weighted by molar-refractivity contribution is -0.103. The van der Waals surface area contributed by atoms with Gasteiger partial charge in [0.2, 0.25) is 0 Å². The molecule has 0 aromatic rings. The van der Waals surface area contributed by atoms with Crippen LogP contribution in [0.5, 0.6) is 0 Å². The van der Waals surface area contributed by atoms with Crippen molar-refractivity contribution < 1.29 is 4.74 Å². The zero-order valence-corrected chi connectivity index (χ0v) is 11.2. The Bertz CT molecular complexity index is 249. The molecule has 1 heterocycles. The van der Waals surface area contributed by atoms with Crippen LogP contribution >= 0.6 is 0 Å². The van der Waals surface area contributed by atoms with Crippen LogP contribution in [0, 0.1) is 0 Å². The van der Waals surface area contributed by atoms with Crippen molar-refractivity contribution in [3.63, 3.8) is 0 Å². The van der Waals surface area contributed by atoms with Gasteiger partial charge in [-0.1, -0.05) is 6.08 Å². The fraction of sp³-hybridized carbons (Fsp3) is 0.769. The average molecular weight is 239 g/mol. The molecule has 1 saturated heterocycles. The minimum atomic E-state index is 0.0890. The maximum absolute atomic E-state index is 5.75. The molecule has 1 aliphatic rings. The summed E-state index contributed by atoms with van der Waals surface area (Å²) in [4.78, 5) is 0. The van der Waals surface area contributed by atoms with Gasteiger partial charge in [0.05, 0.1) is 6.04 Å². The van der Waals surface area contributed by atoms with Crippen molar-refractivity contribution in [2.24, 2.45) is 5.10 Å². The molecule has 0 amide bonds. The van der Waals surface area contributed by atoms with Gasteiger partial charge in [-0.3, -0.25) is 5.01 Å². The molecule has 17 heavy (non-hydrogen) atoms. The summed E-state index contributed by atoms with van der Waals surface area (Å²) in [6, 6.07) is 0.564. The highest BCUT2D eigenvalue weighted by Crippen LogP contribution is 2.20. The van der Waals surface area contributed by atoms with Crippen molar-refractivity contribution in [2.45, 2.75) is 58.3 Å². The summed E-state index contributed by atoms with van der Waals surface area (Å²) in [6.07, 6.45) is 7.45. The number of ether oxygens (including phenoxy) is 1. The number of hydrazone groups is 1. The summed E-state index contributed by atoms with van der Waals surface area (Å²) < 4.78 is 5.75. The lowest BCUT2D eigenvalue weighted by Crippen LogP contribution is -2.49. The molecule has 1 N–H and O–H groups in total. The largest absolute Gasteiger partial charge is 0.387 e. The summed E-state index contributed by atoms with van der Waals surface area (Å²) in [6.45, 7) is 10.8. The van der Waals surface area contributed by atoms with Crippen molar-refractivity contribution >= 4 is 6.72 Å². The maximum atomic E-state index is 5.75. The molecule has 0 aromatic carbocycles. The fourth-order valence-electron chi connectivity index (χ4n) is 2.03. The van der Waals surface area contributed by atoms with Crippen molar-refractivity contribution in [2.75, 3.05) is 6.61 Å². The standard InChI is InChI=1S/C13H25N3O/c1-5-9-15-11(2)12(3)16(14-4)13-8-6-7-10-17-13/h5,9,11-13,15H,4,6-8,10H2,1-3H3/b9-5-/t11?,12-,13?/m0/s1. The van der Waals surface area contributed by atoms with E-state index >= 15 is 0 Å². The first-order valence-corrected chi connectivity index (χ1v) is 6.44. The van der Waals surface area contributed by atoms with Gasteiger partial charge in [0, 0.05) is 19.4 Å². The third kappa shape index (κ3) is 4.04. The Balaban J connectivity index is 2.55. The van der Waals surface area contributed by atoms with Gasteiger partial charge < -0.3 is 10.1 Å². The van der Waals surface area contributed by atoms with Crippen LogP contribution in [0.2, 0.25) is 0 Å². The number of rotatable bonds is 6. The lowest BCUT2D eigenvalue weighted by Gasteiger charge is -2.38. The smallest absolute Gasteiger partial charge is 0.146 e. The molecular weight excluding hydrogens is 214 g/mol. The van der Waals surface area contributed by atoms with E-state index in [9.17, 15) is 0 Å². The lowest BCUT2D eigenvalue weighted by atomic mass is 10.1. The predicted octanol–water partition coefficient (Wildman–Crippen LogP) is 2.33. The molecule has 0 aromatic heterocycles. The molecule has 3 atom stereocenters. The Morgan fingerprint density at radius 2 is 2.24 bits per heavy atom. The monoisotopic (exact) mass is 239 g/mol. The van der Waals surface area contributed by atoms with Gasteiger partial charge in [-0.25, -0.2) is 0 Å². The van der Waals surface area contributed by atoms with E-state index < -0.39 is 0 Å². The fourth-order valence-corrected chi connectivity index (χ4v) is 2.03. The highest BCUT2D eigenvalue weighted by molar-refractivity contribution is 5.22. The number of hydrogen-bond acceptors (Lipinski definition) is 4. The minimum absolute atomic E-state index is 0.0890. The molecule has 4 nitrogen and oxygen atoms in total. The van der Waals surface area contributed by atoms with E-state index in [1.165, 1.54) is 6.42 Å². The number of nitrogens with zero attached hydrogens (tertiary/aromatic N) is 2. The van der Waals surface area contributed by atoms with Gasteiger partial charge in [0.15, 0.2) is 0 Å². The summed E-state index contributed by atoms with van der Waals surface area (Å²) in [5.74, 6) is 0.